The topological polar surface area (TPSA) is 85.1 Å². The first-order chi connectivity index (χ1) is 9.81. The lowest BCUT2D eigenvalue weighted by Gasteiger charge is -2.16. The SMILES string of the molecule is CC(NS(=O)(=O)c1c(N)cc(Cl)cc1Cl)c1ccccn1. The van der Waals surface area contributed by atoms with E-state index in [9.17, 15) is 8.42 Å². The number of nitrogens with zero attached hydrogens (tertiary/aromatic N) is 1. The molecule has 0 saturated carbocycles. The minimum Gasteiger partial charge on any atom is -0.398 e. The van der Waals surface area contributed by atoms with Gasteiger partial charge in [-0.1, -0.05) is 29.3 Å². The molecule has 0 spiro atoms. The smallest absolute Gasteiger partial charge is 0.244 e. The second kappa shape index (κ2) is 6.19. The van der Waals surface area contributed by atoms with Crippen molar-refractivity contribution >= 4 is 38.9 Å². The third-order valence-electron chi connectivity index (χ3n) is 2.77. The molecular weight excluding hydrogens is 333 g/mol. The predicted octanol–water partition coefficient (Wildman–Crippen LogP) is 3.01. The van der Waals surface area contributed by atoms with E-state index in [2.05, 4.69) is 9.71 Å². The van der Waals surface area contributed by atoms with Crippen LogP contribution in [0.2, 0.25) is 10.0 Å². The average Bonchev–Trinajstić information content (AvgIpc) is 2.37. The molecule has 3 N–H and O–H groups in total. The number of halogens is 2. The molecule has 0 amide bonds. The molecule has 2 aromatic rings. The lowest BCUT2D eigenvalue weighted by Crippen LogP contribution is -2.28. The molecule has 5 nitrogen and oxygen atoms in total. The molecule has 0 saturated heterocycles. The highest BCUT2D eigenvalue weighted by atomic mass is 35.5. The average molecular weight is 346 g/mol. The van der Waals surface area contributed by atoms with Gasteiger partial charge in [0.1, 0.15) is 4.90 Å². The zero-order valence-corrected chi connectivity index (χ0v) is 13.4. The van der Waals surface area contributed by atoms with Gasteiger partial charge >= 0.3 is 0 Å². The number of benzene rings is 1. The molecule has 1 aromatic heterocycles. The van der Waals surface area contributed by atoms with E-state index in [1.807, 2.05) is 0 Å². The third kappa shape index (κ3) is 3.65. The van der Waals surface area contributed by atoms with Gasteiger partial charge in [-0.3, -0.25) is 4.98 Å². The third-order valence-corrected chi connectivity index (χ3v) is 5.05. The lowest BCUT2D eigenvalue weighted by molar-refractivity contribution is 0.564. The normalized spacial score (nSPS) is 13.1. The van der Waals surface area contributed by atoms with Crippen LogP contribution in [-0.2, 0) is 10.0 Å². The Morgan fingerprint density at radius 3 is 2.57 bits per heavy atom. The Bertz CT molecular complexity index is 728. The van der Waals surface area contributed by atoms with Gasteiger partial charge in [-0.15, -0.1) is 0 Å². The summed E-state index contributed by atoms with van der Waals surface area (Å²) in [5.74, 6) is 0. The van der Waals surface area contributed by atoms with E-state index in [-0.39, 0.29) is 20.6 Å². The number of hydrogen-bond donors (Lipinski definition) is 2. The summed E-state index contributed by atoms with van der Waals surface area (Å²) in [5, 5.41) is 0.245. The number of anilines is 1. The van der Waals surface area contributed by atoms with E-state index in [1.165, 1.54) is 12.1 Å². The van der Waals surface area contributed by atoms with Crippen LogP contribution in [0.1, 0.15) is 18.7 Å². The van der Waals surface area contributed by atoms with Crippen LogP contribution in [0.25, 0.3) is 0 Å². The molecule has 1 aromatic carbocycles. The Labute approximate surface area is 133 Å². The molecule has 0 fully saturated rings. The van der Waals surface area contributed by atoms with E-state index in [0.29, 0.717) is 5.69 Å². The van der Waals surface area contributed by atoms with Gasteiger partial charge in [-0.2, -0.15) is 0 Å². The van der Waals surface area contributed by atoms with Gasteiger partial charge in [0.2, 0.25) is 10.0 Å². The zero-order valence-electron chi connectivity index (χ0n) is 11.0. The summed E-state index contributed by atoms with van der Waals surface area (Å²) in [6.45, 7) is 1.68. The molecule has 0 radical (unpaired) electrons. The number of rotatable bonds is 4. The molecule has 112 valence electrons. The Kier molecular flexibility index (Phi) is 4.73. The van der Waals surface area contributed by atoms with Crippen LogP contribution in [-0.4, -0.2) is 13.4 Å². The van der Waals surface area contributed by atoms with Gasteiger partial charge < -0.3 is 5.73 Å². The van der Waals surface area contributed by atoms with Crippen molar-refractivity contribution in [2.24, 2.45) is 0 Å². The van der Waals surface area contributed by atoms with Crippen molar-refractivity contribution in [3.8, 4) is 0 Å². The van der Waals surface area contributed by atoms with Gasteiger partial charge in [0.15, 0.2) is 0 Å². The number of nitrogens with two attached hydrogens (primary N) is 1. The number of pyridine rings is 1. The summed E-state index contributed by atoms with van der Waals surface area (Å²) in [7, 11) is -3.89. The second-order valence-corrected chi connectivity index (χ2v) is 6.90. The van der Waals surface area contributed by atoms with Gasteiger partial charge in [-0.25, -0.2) is 13.1 Å². The Morgan fingerprint density at radius 2 is 2.00 bits per heavy atom. The van der Waals surface area contributed by atoms with Crippen molar-refractivity contribution in [2.75, 3.05) is 5.73 Å². The summed E-state index contributed by atoms with van der Waals surface area (Å²) in [4.78, 5) is 3.92. The fourth-order valence-electron chi connectivity index (χ4n) is 1.85. The number of nitrogen functional groups attached to an aromatic ring is 1. The van der Waals surface area contributed by atoms with E-state index < -0.39 is 16.1 Å². The summed E-state index contributed by atoms with van der Waals surface area (Å²) >= 11 is 11.7. The van der Waals surface area contributed by atoms with Crippen molar-refractivity contribution in [3.05, 3.63) is 52.3 Å². The van der Waals surface area contributed by atoms with Crippen LogP contribution in [0, 0.1) is 0 Å². The first-order valence-electron chi connectivity index (χ1n) is 5.99. The molecule has 2 rings (SSSR count). The Hall–Kier alpha value is -1.34. The molecule has 0 aliphatic heterocycles. The summed E-state index contributed by atoms with van der Waals surface area (Å²) < 4.78 is 27.3. The highest BCUT2D eigenvalue weighted by Gasteiger charge is 2.24. The summed E-state index contributed by atoms with van der Waals surface area (Å²) in [6, 6.07) is 7.39. The number of sulfonamides is 1. The first kappa shape index (κ1) is 16.0. The zero-order chi connectivity index (χ0) is 15.6. The standard InChI is InChI=1S/C13H13Cl2N3O2S/c1-8(12-4-2-3-5-17-12)18-21(19,20)13-10(15)6-9(14)7-11(13)16/h2-8,18H,16H2,1H3. The predicted molar refractivity (Wildman–Crippen MR) is 83.8 cm³/mol. The van der Waals surface area contributed by atoms with Crippen molar-refractivity contribution < 1.29 is 8.42 Å². The fraction of sp³-hybridized carbons (Fsp3) is 0.154. The monoisotopic (exact) mass is 345 g/mol. The Morgan fingerprint density at radius 1 is 1.29 bits per heavy atom. The van der Waals surface area contributed by atoms with Crippen molar-refractivity contribution in [1.29, 1.82) is 0 Å². The van der Waals surface area contributed by atoms with Crippen LogP contribution < -0.4 is 10.5 Å². The second-order valence-electron chi connectivity index (χ2n) is 4.40. The minimum absolute atomic E-state index is 0.00628. The van der Waals surface area contributed by atoms with Gasteiger partial charge in [0.05, 0.1) is 22.4 Å². The lowest BCUT2D eigenvalue weighted by atomic mass is 10.2. The van der Waals surface area contributed by atoms with E-state index in [4.69, 9.17) is 28.9 Å². The quantitative estimate of drug-likeness (QED) is 0.834. The summed E-state index contributed by atoms with van der Waals surface area (Å²) in [5.41, 5.74) is 6.30. The van der Waals surface area contributed by atoms with E-state index in [0.717, 1.165) is 0 Å². The Balaban J connectivity index is 2.36. The van der Waals surface area contributed by atoms with E-state index >= 15 is 0 Å². The van der Waals surface area contributed by atoms with E-state index in [1.54, 1.807) is 31.3 Å². The maximum atomic E-state index is 12.4. The largest absolute Gasteiger partial charge is 0.398 e. The molecule has 21 heavy (non-hydrogen) atoms. The highest BCUT2D eigenvalue weighted by Crippen LogP contribution is 2.31. The van der Waals surface area contributed by atoms with Crippen LogP contribution in [0.5, 0.6) is 0 Å². The van der Waals surface area contributed by atoms with Crippen molar-refractivity contribution in [1.82, 2.24) is 9.71 Å². The molecule has 1 atom stereocenters. The highest BCUT2D eigenvalue weighted by molar-refractivity contribution is 7.89. The first-order valence-corrected chi connectivity index (χ1v) is 8.23. The van der Waals surface area contributed by atoms with Crippen LogP contribution in [0.15, 0.2) is 41.4 Å². The molecular formula is C13H13Cl2N3O2S. The maximum Gasteiger partial charge on any atom is 0.244 e. The van der Waals surface area contributed by atoms with Gasteiger partial charge in [0, 0.05) is 11.2 Å². The fourth-order valence-corrected chi connectivity index (χ4v) is 4.05. The van der Waals surface area contributed by atoms with Crippen LogP contribution in [0.4, 0.5) is 5.69 Å². The maximum absolute atomic E-state index is 12.4. The molecule has 1 heterocycles. The number of hydrogen-bond acceptors (Lipinski definition) is 4. The van der Waals surface area contributed by atoms with Crippen molar-refractivity contribution in [2.45, 2.75) is 17.9 Å². The molecule has 0 bridgehead atoms. The minimum atomic E-state index is -3.89. The summed E-state index contributed by atoms with van der Waals surface area (Å²) in [6.07, 6.45) is 1.59. The number of aromatic nitrogens is 1. The van der Waals surface area contributed by atoms with Crippen LogP contribution in [0.3, 0.4) is 0 Å². The van der Waals surface area contributed by atoms with Gasteiger partial charge in [0.25, 0.3) is 0 Å². The van der Waals surface area contributed by atoms with Gasteiger partial charge in [-0.05, 0) is 31.2 Å². The van der Waals surface area contributed by atoms with Crippen molar-refractivity contribution in [3.63, 3.8) is 0 Å². The number of nitrogens with one attached hydrogen (secondary N) is 1. The molecule has 0 aliphatic carbocycles. The molecule has 8 heteroatoms. The van der Waals surface area contributed by atoms with Crippen LogP contribution >= 0.6 is 23.2 Å². The molecule has 1 unspecified atom stereocenters. The molecule has 0 aliphatic rings.